The molecule has 1 aromatic heterocycles. The molecule has 1 aromatic carbocycles. The lowest BCUT2D eigenvalue weighted by Crippen LogP contribution is -2.27. The molecule has 1 heterocycles. The van der Waals surface area contributed by atoms with Gasteiger partial charge in [0.1, 0.15) is 12.4 Å². The van der Waals surface area contributed by atoms with Crippen LogP contribution in [-0.4, -0.2) is 28.8 Å². The molecule has 0 fully saturated rings. The molecule has 130 valence electrons. The lowest BCUT2D eigenvalue weighted by Gasteiger charge is -2.08. The second-order valence-electron chi connectivity index (χ2n) is 4.85. The first kappa shape index (κ1) is 17.6. The van der Waals surface area contributed by atoms with Crippen molar-refractivity contribution in [1.82, 2.24) is 15.1 Å². The molecule has 0 radical (unpaired) electrons. The van der Waals surface area contributed by atoms with Crippen LogP contribution in [0, 0.1) is 5.82 Å². The van der Waals surface area contributed by atoms with Gasteiger partial charge in [0.25, 0.3) is 0 Å². The highest BCUT2D eigenvalue weighted by molar-refractivity contribution is 5.75. The maximum Gasteiger partial charge on any atom is 0.387 e. The van der Waals surface area contributed by atoms with Crippen molar-refractivity contribution in [2.45, 2.75) is 26.6 Å². The van der Waals surface area contributed by atoms with Gasteiger partial charge in [-0.2, -0.15) is 13.9 Å². The van der Waals surface area contributed by atoms with E-state index in [2.05, 4.69) is 20.5 Å². The molecular formula is C15H17F3N4O2. The summed E-state index contributed by atoms with van der Waals surface area (Å²) in [5.74, 6) is -1.01. The number of halogens is 3. The fourth-order valence-electron chi connectivity index (χ4n) is 1.98. The normalized spacial score (nSPS) is 10.7. The second kappa shape index (κ2) is 8.23. The standard InChI is InChI=1S/C15H17F3N4O2/c1-2-19-14(23)9-22-6-5-13(21-22)20-8-10-3-4-12(11(16)7-10)24-15(17)18/h3-7,15H,2,8-9H2,1H3,(H,19,23)(H,20,21). The minimum Gasteiger partial charge on any atom is -0.432 e. The average Bonchev–Trinajstić information content (AvgIpc) is 2.95. The van der Waals surface area contributed by atoms with Crippen molar-refractivity contribution in [2.75, 3.05) is 11.9 Å². The van der Waals surface area contributed by atoms with E-state index in [9.17, 15) is 18.0 Å². The Hall–Kier alpha value is -2.71. The minimum absolute atomic E-state index is 0.101. The van der Waals surface area contributed by atoms with Gasteiger partial charge in [-0.1, -0.05) is 6.07 Å². The molecule has 2 aromatic rings. The summed E-state index contributed by atoms with van der Waals surface area (Å²) in [4.78, 5) is 11.4. The van der Waals surface area contributed by atoms with Crippen LogP contribution in [-0.2, 0) is 17.9 Å². The van der Waals surface area contributed by atoms with E-state index < -0.39 is 18.2 Å². The van der Waals surface area contributed by atoms with E-state index in [4.69, 9.17) is 0 Å². The van der Waals surface area contributed by atoms with Crippen LogP contribution in [0.5, 0.6) is 5.75 Å². The molecular weight excluding hydrogens is 325 g/mol. The van der Waals surface area contributed by atoms with Gasteiger partial charge in [-0.3, -0.25) is 9.48 Å². The molecule has 0 unspecified atom stereocenters. The fraction of sp³-hybridized carbons (Fsp3) is 0.333. The molecule has 0 aliphatic rings. The van der Waals surface area contributed by atoms with Gasteiger partial charge in [0.15, 0.2) is 11.6 Å². The molecule has 0 aliphatic heterocycles. The Morgan fingerprint density at radius 2 is 2.17 bits per heavy atom. The number of alkyl halides is 2. The van der Waals surface area contributed by atoms with Crippen LogP contribution in [0.4, 0.5) is 19.0 Å². The number of nitrogens with one attached hydrogen (secondary N) is 2. The highest BCUT2D eigenvalue weighted by Crippen LogP contribution is 2.20. The number of aromatic nitrogens is 2. The zero-order valence-corrected chi connectivity index (χ0v) is 12.9. The van der Waals surface area contributed by atoms with Crippen molar-refractivity contribution in [3.05, 3.63) is 41.8 Å². The van der Waals surface area contributed by atoms with Gasteiger partial charge >= 0.3 is 6.61 Å². The zero-order chi connectivity index (χ0) is 17.5. The first-order chi connectivity index (χ1) is 11.5. The van der Waals surface area contributed by atoms with E-state index in [0.29, 0.717) is 17.9 Å². The molecule has 0 bridgehead atoms. The Kier molecular flexibility index (Phi) is 6.05. The van der Waals surface area contributed by atoms with Crippen molar-refractivity contribution in [1.29, 1.82) is 0 Å². The SMILES string of the molecule is CCNC(=O)Cn1ccc(NCc2ccc(OC(F)F)c(F)c2)n1. The molecule has 2 rings (SSSR count). The first-order valence-electron chi connectivity index (χ1n) is 7.25. The number of likely N-dealkylation sites (N-methyl/N-ethyl adjacent to an activating group) is 1. The lowest BCUT2D eigenvalue weighted by atomic mass is 10.2. The van der Waals surface area contributed by atoms with Crippen LogP contribution < -0.4 is 15.4 Å². The van der Waals surface area contributed by atoms with Crippen LogP contribution >= 0.6 is 0 Å². The molecule has 0 saturated carbocycles. The van der Waals surface area contributed by atoms with Crippen LogP contribution in [0.1, 0.15) is 12.5 Å². The molecule has 24 heavy (non-hydrogen) atoms. The van der Waals surface area contributed by atoms with Crippen molar-refractivity contribution in [3.8, 4) is 5.75 Å². The van der Waals surface area contributed by atoms with Gasteiger partial charge in [0.2, 0.25) is 5.91 Å². The van der Waals surface area contributed by atoms with E-state index in [1.165, 1.54) is 10.7 Å². The predicted molar refractivity (Wildman–Crippen MR) is 81.3 cm³/mol. The topological polar surface area (TPSA) is 68.2 Å². The van der Waals surface area contributed by atoms with Gasteiger partial charge in [-0.15, -0.1) is 0 Å². The van der Waals surface area contributed by atoms with Gasteiger partial charge in [0.05, 0.1) is 0 Å². The molecule has 0 atom stereocenters. The Bertz CT molecular complexity index is 691. The summed E-state index contributed by atoms with van der Waals surface area (Å²) in [7, 11) is 0. The minimum atomic E-state index is -3.07. The number of carbonyl (C=O) groups is 1. The van der Waals surface area contributed by atoms with Crippen LogP contribution in [0.3, 0.4) is 0 Å². The number of rotatable bonds is 8. The van der Waals surface area contributed by atoms with Crippen LogP contribution in [0.2, 0.25) is 0 Å². The number of nitrogens with zero attached hydrogens (tertiary/aromatic N) is 2. The maximum atomic E-state index is 13.6. The molecule has 1 amide bonds. The van der Waals surface area contributed by atoms with Gasteiger partial charge < -0.3 is 15.4 Å². The number of carbonyl (C=O) groups excluding carboxylic acids is 1. The Balaban J connectivity index is 1.90. The van der Waals surface area contributed by atoms with E-state index >= 15 is 0 Å². The monoisotopic (exact) mass is 342 g/mol. The van der Waals surface area contributed by atoms with Crippen LogP contribution in [0.25, 0.3) is 0 Å². The Morgan fingerprint density at radius 1 is 1.38 bits per heavy atom. The summed E-state index contributed by atoms with van der Waals surface area (Å²) in [6.45, 7) is -0.363. The quantitative estimate of drug-likeness (QED) is 0.773. The third-order valence-corrected chi connectivity index (χ3v) is 3.01. The lowest BCUT2D eigenvalue weighted by molar-refractivity contribution is -0.121. The van der Waals surface area contributed by atoms with Crippen molar-refractivity contribution in [3.63, 3.8) is 0 Å². The highest BCUT2D eigenvalue weighted by Gasteiger charge is 2.10. The summed E-state index contributed by atoms with van der Waals surface area (Å²) in [5.41, 5.74) is 0.535. The number of ether oxygens (including phenoxy) is 1. The molecule has 0 spiro atoms. The van der Waals surface area contributed by atoms with Crippen molar-refractivity contribution >= 4 is 11.7 Å². The van der Waals surface area contributed by atoms with Crippen LogP contribution in [0.15, 0.2) is 30.5 Å². The van der Waals surface area contributed by atoms with Gasteiger partial charge in [0, 0.05) is 25.4 Å². The van der Waals surface area contributed by atoms with Gasteiger partial charge in [-0.05, 0) is 24.6 Å². The molecule has 2 N–H and O–H groups in total. The first-order valence-corrected chi connectivity index (χ1v) is 7.25. The van der Waals surface area contributed by atoms with Crippen molar-refractivity contribution in [2.24, 2.45) is 0 Å². The zero-order valence-electron chi connectivity index (χ0n) is 12.9. The van der Waals surface area contributed by atoms with E-state index in [0.717, 1.165) is 12.1 Å². The summed E-state index contributed by atoms with van der Waals surface area (Å²) < 4.78 is 43.3. The highest BCUT2D eigenvalue weighted by atomic mass is 19.3. The number of hydrogen-bond acceptors (Lipinski definition) is 4. The summed E-state index contributed by atoms with van der Waals surface area (Å²) in [6, 6.07) is 5.39. The largest absolute Gasteiger partial charge is 0.432 e. The molecule has 0 saturated heterocycles. The third kappa shape index (κ3) is 5.18. The Morgan fingerprint density at radius 3 is 2.83 bits per heavy atom. The fourth-order valence-corrected chi connectivity index (χ4v) is 1.98. The average molecular weight is 342 g/mol. The van der Waals surface area contributed by atoms with E-state index in [-0.39, 0.29) is 19.0 Å². The predicted octanol–water partition coefficient (Wildman–Crippen LogP) is 2.37. The second-order valence-corrected chi connectivity index (χ2v) is 4.85. The number of hydrogen-bond donors (Lipinski definition) is 2. The Labute approximate surface area is 136 Å². The summed E-state index contributed by atoms with van der Waals surface area (Å²) >= 11 is 0. The van der Waals surface area contributed by atoms with Gasteiger partial charge in [-0.25, -0.2) is 4.39 Å². The number of amides is 1. The number of benzene rings is 1. The molecule has 9 heteroatoms. The smallest absolute Gasteiger partial charge is 0.387 e. The molecule has 0 aliphatic carbocycles. The van der Waals surface area contributed by atoms with Crippen molar-refractivity contribution < 1.29 is 22.7 Å². The third-order valence-electron chi connectivity index (χ3n) is 3.01. The van der Waals surface area contributed by atoms with E-state index in [1.54, 1.807) is 12.3 Å². The summed E-state index contributed by atoms with van der Waals surface area (Å²) in [5, 5.41) is 9.77. The molecule has 6 nitrogen and oxygen atoms in total. The maximum absolute atomic E-state index is 13.6. The number of anilines is 1. The summed E-state index contributed by atoms with van der Waals surface area (Å²) in [6.07, 6.45) is 1.64. The van der Waals surface area contributed by atoms with E-state index in [1.807, 2.05) is 6.92 Å².